The van der Waals surface area contributed by atoms with Gasteiger partial charge in [-0.05, 0) is 75.9 Å². The van der Waals surface area contributed by atoms with Crippen molar-refractivity contribution in [3.63, 3.8) is 0 Å². The average molecular weight is 577 g/mol. The molecule has 226 valence electrons. The predicted molar refractivity (Wildman–Crippen MR) is 166 cm³/mol. The van der Waals surface area contributed by atoms with E-state index in [1.807, 2.05) is 71.1 Å². The number of hydrogen-bond donors (Lipinski definition) is 2. The minimum Gasteiger partial charge on any atom is -0.490 e. The molecule has 0 spiro atoms. The molecule has 4 rings (SSSR count). The topological polar surface area (TPSA) is 116 Å². The molecule has 1 amide bonds. The second-order valence-electron chi connectivity index (χ2n) is 11.7. The van der Waals surface area contributed by atoms with Gasteiger partial charge >= 0.3 is 0 Å². The van der Waals surface area contributed by atoms with Crippen molar-refractivity contribution in [3.8, 4) is 17.4 Å². The van der Waals surface area contributed by atoms with Crippen LogP contribution in [0.2, 0.25) is 0 Å². The molecule has 3 aromatic rings. The molecule has 2 aromatic carbocycles. The van der Waals surface area contributed by atoms with Crippen molar-refractivity contribution in [1.29, 1.82) is 0 Å². The van der Waals surface area contributed by atoms with Gasteiger partial charge in [-0.2, -0.15) is 5.10 Å². The number of ether oxygens (including phenoxy) is 3. The number of carbonyl (C=O) groups excluding carboxylic acids is 1. The van der Waals surface area contributed by atoms with Gasteiger partial charge in [0.1, 0.15) is 17.6 Å². The molecule has 0 unspecified atom stereocenters. The standard InChI is InChI=1S/C32H44N6O4/c1-22-17-23(18-30(39)35-24(20-33)21-34-32(2,3)4)7-10-29(22)42-31-27-19-26(8-9-28(27)36-37(31)5)41-25-11-13-38(14-12-25)15-16-40-6/h7-10,17,19-21,25H,11-16,18,33H2,1-6H3,(H,35,39)/b24-20+,34-21?. The van der Waals surface area contributed by atoms with Crippen molar-refractivity contribution in [2.45, 2.75) is 58.6 Å². The number of nitrogens with two attached hydrogens (primary N) is 1. The molecular formula is C32H44N6O4. The van der Waals surface area contributed by atoms with E-state index in [1.54, 1.807) is 18.0 Å². The predicted octanol–water partition coefficient (Wildman–Crippen LogP) is 4.49. The number of fused-ring (bicyclic) bond motifs is 1. The molecule has 0 radical (unpaired) electrons. The number of piperidine rings is 1. The van der Waals surface area contributed by atoms with Crippen LogP contribution in [0.25, 0.3) is 10.9 Å². The van der Waals surface area contributed by atoms with Crippen LogP contribution in [0, 0.1) is 6.92 Å². The van der Waals surface area contributed by atoms with Crippen molar-refractivity contribution in [1.82, 2.24) is 20.0 Å². The zero-order chi connectivity index (χ0) is 30.3. The monoisotopic (exact) mass is 576 g/mol. The number of rotatable bonds is 11. The number of likely N-dealkylation sites (tertiary alicyclic amines) is 1. The summed E-state index contributed by atoms with van der Waals surface area (Å²) in [5.41, 5.74) is 8.48. The summed E-state index contributed by atoms with van der Waals surface area (Å²) in [5.74, 6) is 1.96. The summed E-state index contributed by atoms with van der Waals surface area (Å²) in [6.07, 6.45) is 5.27. The van der Waals surface area contributed by atoms with Crippen molar-refractivity contribution >= 4 is 23.0 Å². The number of methoxy groups -OCH3 is 1. The zero-order valence-electron chi connectivity index (χ0n) is 25.6. The fraction of sp³-hybridized carbons (Fsp3) is 0.469. The Labute approximate surface area is 248 Å². The van der Waals surface area contributed by atoms with Gasteiger partial charge in [0.25, 0.3) is 0 Å². The van der Waals surface area contributed by atoms with Crippen LogP contribution >= 0.6 is 0 Å². The van der Waals surface area contributed by atoms with E-state index in [1.165, 1.54) is 6.20 Å². The first-order valence-corrected chi connectivity index (χ1v) is 14.4. The number of aliphatic imine (C=N–C) groups is 1. The summed E-state index contributed by atoms with van der Waals surface area (Å²) in [6, 6.07) is 11.7. The SMILES string of the molecule is COCCN1CCC(Oc2ccc3nn(C)c(Oc4ccc(CC(=O)N/C(C=NC(C)(C)C)=C/N)cc4C)c3c2)CC1. The summed E-state index contributed by atoms with van der Waals surface area (Å²) < 4.78 is 19.7. The van der Waals surface area contributed by atoms with Crippen LogP contribution in [0.3, 0.4) is 0 Å². The van der Waals surface area contributed by atoms with Gasteiger partial charge in [-0.25, -0.2) is 4.68 Å². The zero-order valence-corrected chi connectivity index (χ0v) is 25.6. The summed E-state index contributed by atoms with van der Waals surface area (Å²) in [5, 5.41) is 8.33. The molecule has 10 heteroatoms. The van der Waals surface area contributed by atoms with Gasteiger partial charge in [0.15, 0.2) is 0 Å². The number of allylic oxidation sites excluding steroid dienone is 1. The third-order valence-corrected chi connectivity index (χ3v) is 7.06. The van der Waals surface area contributed by atoms with Gasteiger partial charge in [0.05, 0.1) is 35.2 Å². The van der Waals surface area contributed by atoms with Crippen LogP contribution in [0.5, 0.6) is 17.4 Å². The minimum atomic E-state index is -0.262. The van der Waals surface area contributed by atoms with E-state index in [9.17, 15) is 4.79 Å². The number of aryl methyl sites for hydroxylation is 2. The highest BCUT2D eigenvalue weighted by atomic mass is 16.5. The van der Waals surface area contributed by atoms with E-state index < -0.39 is 0 Å². The van der Waals surface area contributed by atoms with Crippen molar-refractivity contribution in [2.24, 2.45) is 17.8 Å². The number of nitrogens with zero attached hydrogens (tertiary/aromatic N) is 4. The first-order chi connectivity index (χ1) is 20.0. The quantitative estimate of drug-likeness (QED) is 0.323. The lowest BCUT2D eigenvalue weighted by molar-refractivity contribution is -0.119. The highest BCUT2D eigenvalue weighted by molar-refractivity contribution is 5.89. The number of hydrogen-bond acceptors (Lipinski definition) is 8. The van der Waals surface area contributed by atoms with E-state index in [0.29, 0.717) is 17.3 Å². The second kappa shape index (κ2) is 13.8. The fourth-order valence-corrected chi connectivity index (χ4v) is 4.82. The fourth-order valence-electron chi connectivity index (χ4n) is 4.82. The van der Waals surface area contributed by atoms with Gasteiger partial charge in [0, 0.05) is 46.2 Å². The van der Waals surface area contributed by atoms with E-state index in [4.69, 9.17) is 19.9 Å². The lowest BCUT2D eigenvalue weighted by Gasteiger charge is -2.31. The molecule has 1 aliphatic heterocycles. The van der Waals surface area contributed by atoms with Gasteiger partial charge in [-0.15, -0.1) is 0 Å². The average Bonchev–Trinajstić information content (AvgIpc) is 3.25. The van der Waals surface area contributed by atoms with Gasteiger partial charge in [-0.1, -0.05) is 12.1 Å². The molecule has 0 atom stereocenters. The summed E-state index contributed by atoms with van der Waals surface area (Å²) in [6.45, 7) is 11.6. The van der Waals surface area contributed by atoms with Gasteiger partial charge < -0.3 is 30.2 Å². The molecule has 42 heavy (non-hydrogen) atoms. The maximum absolute atomic E-state index is 12.7. The smallest absolute Gasteiger partial charge is 0.228 e. The molecule has 1 aliphatic rings. The summed E-state index contributed by atoms with van der Waals surface area (Å²) in [7, 11) is 3.61. The van der Waals surface area contributed by atoms with Crippen LogP contribution in [-0.2, 0) is 23.0 Å². The van der Waals surface area contributed by atoms with Crippen LogP contribution in [0.4, 0.5) is 0 Å². The molecule has 0 saturated carbocycles. The molecule has 10 nitrogen and oxygen atoms in total. The van der Waals surface area contributed by atoms with Crippen LogP contribution in [0.15, 0.2) is 53.3 Å². The molecule has 0 aliphatic carbocycles. The minimum absolute atomic E-state index is 0.175. The highest BCUT2D eigenvalue weighted by Crippen LogP contribution is 2.34. The number of carbonyl (C=O) groups is 1. The Morgan fingerprint density at radius 1 is 1.19 bits per heavy atom. The first-order valence-electron chi connectivity index (χ1n) is 14.4. The Kier molecular flexibility index (Phi) is 10.2. The van der Waals surface area contributed by atoms with Crippen LogP contribution in [0.1, 0.15) is 44.7 Å². The van der Waals surface area contributed by atoms with Crippen molar-refractivity contribution in [2.75, 3.05) is 33.4 Å². The third-order valence-electron chi connectivity index (χ3n) is 7.06. The van der Waals surface area contributed by atoms with E-state index in [2.05, 4.69) is 20.3 Å². The van der Waals surface area contributed by atoms with Crippen molar-refractivity contribution in [3.05, 3.63) is 59.4 Å². The molecule has 1 fully saturated rings. The molecular weight excluding hydrogens is 532 g/mol. The normalized spacial score (nSPS) is 15.4. The maximum atomic E-state index is 12.7. The number of amides is 1. The molecule has 1 saturated heterocycles. The lowest BCUT2D eigenvalue weighted by Crippen LogP contribution is -2.39. The van der Waals surface area contributed by atoms with E-state index in [0.717, 1.165) is 66.9 Å². The Balaban J connectivity index is 1.41. The molecule has 0 bridgehead atoms. The van der Waals surface area contributed by atoms with E-state index >= 15 is 0 Å². The number of nitrogens with one attached hydrogen (secondary N) is 1. The Bertz CT molecular complexity index is 1430. The molecule has 2 heterocycles. The van der Waals surface area contributed by atoms with Gasteiger partial charge in [-0.3, -0.25) is 9.79 Å². The maximum Gasteiger partial charge on any atom is 0.228 e. The van der Waals surface area contributed by atoms with Gasteiger partial charge in [0.2, 0.25) is 11.8 Å². The van der Waals surface area contributed by atoms with Crippen LogP contribution < -0.4 is 20.5 Å². The first kappa shape index (κ1) is 31.1. The Morgan fingerprint density at radius 2 is 1.95 bits per heavy atom. The highest BCUT2D eigenvalue weighted by Gasteiger charge is 2.21. The summed E-state index contributed by atoms with van der Waals surface area (Å²) >= 11 is 0. The third kappa shape index (κ3) is 8.56. The molecule has 1 aromatic heterocycles. The largest absolute Gasteiger partial charge is 0.490 e. The molecule has 3 N–H and O–H groups in total. The van der Waals surface area contributed by atoms with Crippen molar-refractivity contribution < 1.29 is 19.0 Å². The number of aromatic nitrogens is 2. The Morgan fingerprint density at radius 3 is 2.62 bits per heavy atom. The summed E-state index contributed by atoms with van der Waals surface area (Å²) in [4.78, 5) is 19.5. The Hall–Kier alpha value is -3.89. The van der Waals surface area contributed by atoms with E-state index in [-0.39, 0.29) is 24.0 Å². The number of benzene rings is 2. The second-order valence-corrected chi connectivity index (χ2v) is 11.7. The lowest BCUT2D eigenvalue weighted by atomic mass is 10.1. The van der Waals surface area contributed by atoms with Crippen LogP contribution in [-0.4, -0.2) is 71.8 Å².